The SMILES string of the molecule is CC1(C)C[C@@]2(C)CC[C@H]3[C@H]2[C@@H]1CC[C@]3(C)O. The van der Waals surface area contributed by atoms with E-state index < -0.39 is 0 Å². The monoisotopic (exact) mass is 222 g/mol. The maximum atomic E-state index is 10.6. The Balaban J connectivity index is 2.02. The Bertz CT molecular complexity index is 315. The van der Waals surface area contributed by atoms with Gasteiger partial charge in [-0.1, -0.05) is 20.8 Å². The molecule has 0 bridgehead atoms. The van der Waals surface area contributed by atoms with Crippen LogP contribution in [-0.2, 0) is 0 Å². The molecule has 3 saturated carbocycles. The van der Waals surface area contributed by atoms with Crippen molar-refractivity contribution in [3.05, 3.63) is 0 Å². The maximum absolute atomic E-state index is 10.6. The first-order valence-electron chi connectivity index (χ1n) is 6.99. The molecule has 0 unspecified atom stereocenters. The molecule has 0 aromatic heterocycles. The molecule has 3 rings (SSSR count). The van der Waals surface area contributed by atoms with Gasteiger partial charge in [0.15, 0.2) is 0 Å². The Morgan fingerprint density at radius 1 is 0.938 bits per heavy atom. The summed E-state index contributed by atoms with van der Waals surface area (Å²) in [5.74, 6) is 2.24. The van der Waals surface area contributed by atoms with E-state index in [4.69, 9.17) is 0 Å². The fourth-order valence-electron chi connectivity index (χ4n) is 5.85. The third-order valence-electron chi connectivity index (χ3n) is 6.32. The summed E-state index contributed by atoms with van der Waals surface area (Å²) in [5, 5.41) is 10.6. The quantitative estimate of drug-likeness (QED) is 0.664. The first-order valence-corrected chi connectivity index (χ1v) is 6.99. The van der Waals surface area contributed by atoms with Crippen LogP contribution in [0.4, 0.5) is 0 Å². The second-order valence-electron chi connectivity index (χ2n) is 7.99. The summed E-state index contributed by atoms with van der Waals surface area (Å²) in [6.07, 6.45) is 6.26. The largest absolute Gasteiger partial charge is 0.390 e. The first-order chi connectivity index (χ1) is 7.26. The zero-order chi connectivity index (χ0) is 11.8. The molecule has 0 radical (unpaired) electrons. The Morgan fingerprint density at radius 3 is 2.25 bits per heavy atom. The van der Waals surface area contributed by atoms with Gasteiger partial charge in [0.2, 0.25) is 0 Å². The molecular formula is C15H26O. The van der Waals surface area contributed by atoms with Crippen molar-refractivity contribution in [1.82, 2.24) is 0 Å². The molecule has 0 aromatic rings. The van der Waals surface area contributed by atoms with Crippen LogP contribution in [0, 0.1) is 28.6 Å². The Hall–Kier alpha value is -0.0400. The lowest BCUT2D eigenvalue weighted by atomic mass is 9.61. The van der Waals surface area contributed by atoms with Gasteiger partial charge in [-0.05, 0) is 67.6 Å². The molecule has 1 N–H and O–H groups in total. The van der Waals surface area contributed by atoms with E-state index in [2.05, 4.69) is 27.7 Å². The molecule has 16 heavy (non-hydrogen) atoms. The van der Waals surface area contributed by atoms with Gasteiger partial charge in [0.05, 0.1) is 5.60 Å². The van der Waals surface area contributed by atoms with Gasteiger partial charge in [0.1, 0.15) is 0 Å². The fourth-order valence-corrected chi connectivity index (χ4v) is 5.85. The average molecular weight is 222 g/mol. The van der Waals surface area contributed by atoms with Crippen molar-refractivity contribution in [1.29, 1.82) is 0 Å². The summed E-state index contributed by atoms with van der Waals surface area (Å²) >= 11 is 0. The predicted octanol–water partition coefficient (Wildman–Crippen LogP) is 3.61. The zero-order valence-electron chi connectivity index (χ0n) is 11.2. The molecule has 0 aromatic carbocycles. The second-order valence-corrected chi connectivity index (χ2v) is 7.99. The molecule has 0 heterocycles. The Labute approximate surface area is 99.6 Å². The van der Waals surface area contributed by atoms with Crippen molar-refractivity contribution in [2.75, 3.05) is 0 Å². The lowest BCUT2D eigenvalue weighted by molar-refractivity contribution is -0.0822. The molecule has 92 valence electrons. The first kappa shape index (κ1) is 11.1. The van der Waals surface area contributed by atoms with Crippen molar-refractivity contribution >= 4 is 0 Å². The van der Waals surface area contributed by atoms with Gasteiger partial charge in [0.25, 0.3) is 0 Å². The van der Waals surface area contributed by atoms with Gasteiger partial charge in [-0.3, -0.25) is 0 Å². The minimum absolute atomic E-state index is 0.376. The minimum atomic E-state index is -0.376. The molecule has 3 aliphatic rings. The molecule has 5 atom stereocenters. The van der Waals surface area contributed by atoms with Gasteiger partial charge < -0.3 is 5.11 Å². The molecule has 0 spiro atoms. The van der Waals surface area contributed by atoms with Crippen molar-refractivity contribution in [3.63, 3.8) is 0 Å². The Morgan fingerprint density at radius 2 is 1.56 bits per heavy atom. The van der Waals surface area contributed by atoms with Crippen LogP contribution in [-0.4, -0.2) is 10.7 Å². The van der Waals surface area contributed by atoms with Gasteiger partial charge in [0, 0.05) is 0 Å². The van der Waals surface area contributed by atoms with E-state index in [0.29, 0.717) is 16.7 Å². The summed E-state index contributed by atoms with van der Waals surface area (Å²) in [5.41, 5.74) is 0.664. The third kappa shape index (κ3) is 1.21. The molecule has 0 saturated heterocycles. The summed E-state index contributed by atoms with van der Waals surface area (Å²) in [7, 11) is 0. The lowest BCUT2D eigenvalue weighted by Crippen LogP contribution is -2.46. The normalized spacial score (nSPS) is 58.7. The molecule has 0 aliphatic heterocycles. The van der Waals surface area contributed by atoms with Crippen molar-refractivity contribution in [2.45, 2.75) is 65.4 Å². The van der Waals surface area contributed by atoms with E-state index in [9.17, 15) is 5.11 Å². The van der Waals surface area contributed by atoms with Crippen LogP contribution in [0.15, 0.2) is 0 Å². The van der Waals surface area contributed by atoms with E-state index >= 15 is 0 Å². The highest BCUT2D eigenvalue weighted by atomic mass is 16.3. The van der Waals surface area contributed by atoms with Crippen LogP contribution in [0.25, 0.3) is 0 Å². The minimum Gasteiger partial charge on any atom is -0.390 e. The van der Waals surface area contributed by atoms with Crippen molar-refractivity contribution < 1.29 is 5.11 Å². The third-order valence-corrected chi connectivity index (χ3v) is 6.32. The lowest BCUT2D eigenvalue weighted by Gasteiger charge is -2.46. The van der Waals surface area contributed by atoms with Gasteiger partial charge >= 0.3 is 0 Å². The van der Waals surface area contributed by atoms with Gasteiger partial charge in [-0.25, -0.2) is 0 Å². The smallest absolute Gasteiger partial charge is 0.0650 e. The zero-order valence-corrected chi connectivity index (χ0v) is 11.2. The fraction of sp³-hybridized carbons (Fsp3) is 1.00. The Kier molecular flexibility index (Phi) is 1.98. The maximum Gasteiger partial charge on any atom is 0.0650 e. The molecule has 0 amide bonds. The van der Waals surface area contributed by atoms with Crippen LogP contribution in [0.3, 0.4) is 0 Å². The van der Waals surface area contributed by atoms with E-state index in [1.165, 1.54) is 25.7 Å². The van der Waals surface area contributed by atoms with Crippen LogP contribution < -0.4 is 0 Å². The van der Waals surface area contributed by atoms with E-state index in [1.807, 2.05) is 0 Å². The molecule has 3 fully saturated rings. The summed E-state index contributed by atoms with van der Waals surface area (Å²) in [6.45, 7) is 9.49. The molecule has 1 heteroatoms. The summed E-state index contributed by atoms with van der Waals surface area (Å²) in [6, 6.07) is 0. The summed E-state index contributed by atoms with van der Waals surface area (Å²) in [4.78, 5) is 0. The van der Waals surface area contributed by atoms with E-state index in [0.717, 1.165) is 18.3 Å². The summed E-state index contributed by atoms with van der Waals surface area (Å²) < 4.78 is 0. The molecule has 1 nitrogen and oxygen atoms in total. The highest BCUT2D eigenvalue weighted by molar-refractivity contribution is 5.13. The topological polar surface area (TPSA) is 20.2 Å². The van der Waals surface area contributed by atoms with Gasteiger partial charge in [-0.15, -0.1) is 0 Å². The number of rotatable bonds is 0. The number of hydrogen-bond donors (Lipinski definition) is 1. The highest BCUT2D eigenvalue weighted by Gasteiger charge is 2.64. The number of aliphatic hydroxyl groups is 1. The van der Waals surface area contributed by atoms with Crippen LogP contribution >= 0.6 is 0 Å². The number of hydrogen-bond acceptors (Lipinski definition) is 1. The second kappa shape index (κ2) is 2.85. The van der Waals surface area contributed by atoms with Crippen molar-refractivity contribution in [2.24, 2.45) is 28.6 Å². The standard InChI is InChI=1S/C15H26O/c1-13(2)9-14(3)7-5-11-12(14)10(13)6-8-15(11,4)16/h10-12,16H,5-9H2,1-4H3/t10-,11-,12+,14+,15-/m0/s1. The average Bonchev–Trinajstić information content (AvgIpc) is 2.51. The van der Waals surface area contributed by atoms with Gasteiger partial charge in [-0.2, -0.15) is 0 Å². The van der Waals surface area contributed by atoms with E-state index in [-0.39, 0.29) is 5.60 Å². The van der Waals surface area contributed by atoms with Crippen LogP contribution in [0.5, 0.6) is 0 Å². The van der Waals surface area contributed by atoms with Crippen molar-refractivity contribution in [3.8, 4) is 0 Å². The van der Waals surface area contributed by atoms with Crippen LogP contribution in [0.1, 0.15) is 59.8 Å². The van der Waals surface area contributed by atoms with E-state index in [1.54, 1.807) is 0 Å². The van der Waals surface area contributed by atoms with Crippen LogP contribution in [0.2, 0.25) is 0 Å². The predicted molar refractivity (Wildman–Crippen MR) is 66.1 cm³/mol. The molecular weight excluding hydrogens is 196 g/mol. The molecule has 3 aliphatic carbocycles. The highest BCUT2D eigenvalue weighted by Crippen LogP contribution is 2.70.